The average molecular weight is 301 g/mol. The van der Waals surface area contributed by atoms with E-state index in [-0.39, 0.29) is 0 Å². The Morgan fingerprint density at radius 2 is 1.80 bits per heavy atom. The quantitative estimate of drug-likeness (QED) is 0.927. The topological polar surface area (TPSA) is 33.1 Å². The number of halogens is 3. The van der Waals surface area contributed by atoms with Gasteiger partial charge < -0.3 is 5.11 Å². The van der Waals surface area contributed by atoms with Crippen molar-refractivity contribution in [3.63, 3.8) is 0 Å². The van der Waals surface area contributed by atoms with Gasteiger partial charge in [0.2, 0.25) is 0 Å². The molecule has 0 amide bonds. The molecule has 20 heavy (non-hydrogen) atoms. The largest absolute Gasteiger partial charge is 0.416 e. The molecule has 1 heterocycles. The number of alkyl halides is 3. The second-order valence-electron chi connectivity index (χ2n) is 4.59. The van der Waals surface area contributed by atoms with E-state index < -0.39 is 17.8 Å². The summed E-state index contributed by atoms with van der Waals surface area (Å²) in [6.07, 6.45) is -4.89. The van der Waals surface area contributed by atoms with E-state index in [2.05, 4.69) is 4.98 Å². The van der Waals surface area contributed by atoms with Crippen LogP contribution in [0.15, 0.2) is 24.3 Å². The summed E-state index contributed by atoms with van der Waals surface area (Å²) in [5.74, 6) is 0. The highest BCUT2D eigenvalue weighted by atomic mass is 32.1. The SMILES string of the molecule is Cc1nc(CC(O)c2ccc(C(F)(F)F)cc2)sc1C. The molecular weight excluding hydrogens is 287 g/mol. The first-order chi connectivity index (χ1) is 9.27. The van der Waals surface area contributed by atoms with Gasteiger partial charge in [0.25, 0.3) is 0 Å². The molecule has 1 aromatic heterocycles. The highest BCUT2D eigenvalue weighted by Crippen LogP contribution is 2.30. The summed E-state index contributed by atoms with van der Waals surface area (Å²) in [5.41, 5.74) is 0.669. The number of hydrogen-bond donors (Lipinski definition) is 1. The van der Waals surface area contributed by atoms with Crippen molar-refractivity contribution in [3.8, 4) is 0 Å². The number of aliphatic hydroxyl groups is 1. The molecule has 108 valence electrons. The van der Waals surface area contributed by atoms with Crippen LogP contribution in [0.5, 0.6) is 0 Å². The summed E-state index contributed by atoms with van der Waals surface area (Å²) in [6, 6.07) is 4.58. The predicted molar refractivity (Wildman–Crippen MR) is 71.7 cm³/mol. The molecule has 0 aliphatic rings. The maximum Gasteiger partial charge on any atom is 0.416 e. The molecule has 2 nitrogen and oxygen atoms in total. The number of thiazole rings is 1. The Bertz CT molecular complexity index is 570. The summed E-state index contributed by atoms with van der Waals surface area (Å²) in [4.78, 5) is 5.39. The normalized spacial score (nSPS) is 13.5. The Morgan fingerprint density at radius 1 is 1.20 bits per heavy atom. The Balaban J connectivity index is 2.11. The third-order valence-electron chi connectivity index (χ3n) is 3.06. The fraction of sp³-hybridized carbons (Fsp3) is 0.357. The van der Waals surface area contributed by atoms with Crippen LogP contribution in [-0.2, 0) is 12.6 Å². The highest BCUT2D eigenvalue weighted by Gasteiger charge is 2.30. The lowest BCUT2D eigenvalue weighted by Crippen LogP contribution is -2.06. The summed E-state index contributed by atoms with van der Waals surface area (Å²) in [5, 5.41) is 10.8. The van der Waals surface area contributed by atoms with Crippen molar-refractivity contribution >= 4 is 11.3 Å². The molecule has 0 bridgehead atoms. The van der Waals surface area contributed by atoms with E-state index >= 15 is 0 Å². The zero-order valence-electron chi connectivity index (χ0n) is 11.0. The zero-order valence-corrected chi connectivity index (χ0v) is 11.8. The van der Waals surface area contributed by atoms with Crippen LogP contribution >= 0.6 is 11.3 Å². The van der Waals surface area contributed by atoms with Crippen molar-refractivity contribution in [2.24, 2.45) is 0 Å². The first-order valence-electron chi connectivity index (χ1n) is 6.05. The van der Waals surface area contributed by atoms with E-state index in [0.717, 1.165) is 27.7 Å². The van der Waals surface area contributed by atoms with E-state index in [1.165, 1.54) is 23.5 Å². The first-order valence-corrected chi connectivity index (χ1v) is 6.87. The second-order valence-corrected chi connectivity index (χ2v) is 5.88. The van der Waals surface area contributed by atoms with Gasteiger partial charge in [-0.1, -0.05) is 12.1 Å². The lowest BCUT2D eigenvalue weighted by atomic mass is 10.0. The van der Waals surface area contributed by atoms with Gasteiger partial charge in [-0.25, -0.2) is 4.98 Å². The van der Waals surface area contributed by atoms with E-state index in [9.17, 15) is 18.3 Å². The summed E-state index contributed by atoms with van der Waals surface area (Å²) in [7, 11) is 0. The van der Waals surface area contributed by atoms with Crippen LogP contribution in [-0.4, -0.2) is 10.1 Å². The molecule has 0 aliphatic heterocycles. The van der Waals surface area contributed by atoms with Gasteiger partial charge >= 0.3 is 6.18 Å². The molecule has 0 saturated heterocycles. The highest BCUT2D eigenvalue weighted by molar-refractivity contribution is 7.11. The molecule has 6 heteroatoms. The van der Waals surface area contributed by atoms with Gasteiger partial charge in [0.1, 0.15) is 0 Å². The summed E-state index contributed by atoms with van der Waals surface area (Å²) < 4.78 is 37.3. The monoisotopic (exact) mass is 301 g/mol. The van der Waals surface area contributed by atoms with E-state index in [4.69, 9.17) is 0 Å². The zero-order chi connectivity index (χ0) is 14.9. The number of benzene rings is 1. The standard InChI is InChI=1S/C14H14F3NOS/c1-8-9(2)20-13(18-8)7-12(19)10-3-5-11(6-4-10)14(15,16)17/h3-6,12,19H,7H2,1-2H3. The maximum absolute atomic E-state index is 12.4. The Hall–Kier alpha value is -1.40. The molecule has 0 spiro atoms. The molecule has 1 aromatic carbocycles. The second kappa shape index (κ2) is 5.54. The van der Waals surface area contributed by atoms with Crippen LogP contribution < -0.4 is 0 Å². The van der Waals surface area contributed by atoms with E-state index in [1.807, 2.05) is 13.8 Å². The molecule has 1 N–H and O–H groups in total. The van der Waals surface area contributed by atoms with Crippen LogP contribution in [0.25, 0.3) is 0 Å². The van der Waals surface area contributed by atoms with Crippen molar-refractivity contribution in [2.75, 3.05) is 0 Å². The maximum atomic E-state index is 12.4. The molecule has 1 atom stereocenters. The number of aromatic nitrogens is 1. The molecular formula is C14H14F3NOS. The minimum Gasteiger partial charge on any atom is -0.388 e. The van der Waals surface area contributed by atoms with Crippen LogP contribution in [0.1, 0.15) is 32.8 Å². The fourth-order valence-electron chi connectivity index (χ4n) is 1.80. The molecule has 0 fully saturated rings. The predicted octanol–water partition coefficient (Wildman–Crippen LogP) is 4.05. The van der Waals surface area contributed by atoms with Gasteiger partial charge in [-0.05, 0) is 31.5 Å². The van der Waals surface area contributed by atoms with E-state index in [0.29, 0.717) is 12.0 Å². The summed E-state index contributed by atoms with van der Waals surface area (Å²) in [6.45, 7) is 3.83. The van der Waals surface area contributed by atoms with Gasteiger partial charge in [-0.15, -0.1) is 11.3 Å². The lowest BCUT2D eigenvalue weighted by Gasteiger charge is -2.11. The van der Waals surface area contributed by atoms with Crippen LogP contribution in [0.2, 0.25) is 0 Å². The van der Waals surface area contributed by atoms with E-state index in [1.54, 1.807) is 0 Å². The minimum absolute atomic E-state index is 0.310. The lowest BCUT2D eigenvalue weighted by molar-refractivity contribution is -0.137. The van der Waals surface area contributed by atoms with Crippen molar-refractivity contribution < 1.29 is 18.3 Å². The van der Waals surface area contributed by atoms with Gasteiger partial charge in [0.15, 0.2) is 0 Å². The van der Waals surface area contributed by atoms with Gasteiger partial charge in [0, 0.05) is 11.3 Å². The first kappa shape index (κ1) is 15.0. The molecule has 0 saturated carbocycles. The third-order valence-corrected chi connectivity index (χ3v) is 4.16. The number of nitrogens with zero attached hydrogens (tertiary/aromatic N) is 1. The molecule has 1 unspecified atom stereocenters. The van der Waals surface area contributed by atoms with Crippen molar-refractivity contribution in [2.45, 2.75) is 32.5 Å². The number of rotatable bonds is 3. The van der Waals surface area contributed by atoms with Gasteiger partial charge in [0.05, 0.1) is 22.4 Å². The molecule has 0 aliphatic carbocycles. The summed E-state index contributed by atoms with van der Waals surface area (Å²) >= 11 is 1.49. The average Bonchev–Trinajstić information content (AvgIpc) is 2.67. The third kappa shape index (κ3) is 3.37. The van der Waals surface area contributed by atoms with Crippen molar-refractivity contribution in [1.82, 2.24) is 4.98 Å². The van der Waals surface area contributed by atoms with Crippen molar-refractivity contribution in [3.05, 3.63) is 51.0 Å². The fourth-order valence-corrected chi connectivity index (χ4v) is 2.77. The van der Waals surface area contributed by atoms with Crippen LogP contribution in [0.4, 0.5) is 13.2 Å². The van der Waals surface area contributed by atoms with Crippen molar-refractivity contribution in [1.29, 1.82) is 0 Å². The van der Waals surface area contributed by atoms with Crippen LogP contribution in [0, 0.1) is 13.8 Å². The Labute approximate surface area is 118 Å². The Kier molecular flexibility index (Phi) is 4.15. The number of aliphatic hydroxyl groups excluding tert-OH is 1. The number of aryl methyl sites for hydroxylation is 2. The minimum atomic E-state index is -4.35. The Morgan fingerprint density at radius 3 is 2.25 bits per heavy atom. The molecule has 2 rings (SSSR count). The van der Waals surface area contributed by atoms with Gasteiger partial charge in [-0.2, -0.15) is 13.2 Å². The molecule has 0 radical (unpaired) electrons. The number of hydrogen-bond acceptors (Lipinski definition) is 3. The smallest absolute Gasteiger partial charge is 0.388 e. The molecule has 2 aromatic rings. The van der Waals surface area contributed by atoms with Crippen LogP contribution in [0.3, 0.4) is 0 Å². The van der Waals surface area contributed by atoms with Gasteiger partial charge in [-0.3, -0.25) is 0 Å².